The third-order valence-electron chi connectivity index (χ3n) is 3.29. The van der Waals surface area contributed by atoms with E-state index >= 15 is 0 Å². The van der Waals surface area contributed by atoms with E-state index in [1.165, 1.54) is 0 Å². The highest BCUT2D eigenvalue weighted by Crippen LogP contribution is 2.16. The van der Waals surface area contributed by atoms with E-state index in [0.29, 0.717) is 30.3 Å². The maximum atomic E-state index is 12.3. The number of amides is 1. The Morgan fingerprint density at radius 1 is 1.17 bits per heavy atom. The molecule has 0 aliphatic carbocycles. The molecule has 2 rings (SSSR count). The normalized spacial score (nSPS) is 10.6. The summed E-state index contributed by atoms with van der Waals surface area (Å²) in [6.07, 6.45) is 0.615. The Morgan fingerprint density at radius 2 is 1.91 bits per heavy atom. The summed E-state index contributed by atoms with van der Waals surface area (Å²) in [4.78, 5) is 12.3. The number of rotatable bonds is 7. The topological polar surface area (TPSA) is 58.6 Å². The molecule has 0 aliphatic heterocycles. The van der Waals surface area contributed by atoms with E-state index in [0.717, 1.165) is 11.3 Å². The van der Waals surface area contributed by atoms with Gasteiger partial charge in [0.2, 0.25) is 0 Å². The van der Waals surface area contributed by atoms with Crippen LogP contribution in [0.2, 0.25) is 0 Å². The third-order valence-corrected chi connectivity index (χ3v) is 3.29. The molecule has 23 heavy (non-hydrogen) atoms. The third kappa shape index (κ3) is 5.42. The van der Waals surface area contributed by atoms with Crippen LogP contribution < -0.4 is 10.1 Å². The molecule has 0 heterocycles. The van der Waals surface area contributed by atoms with Gasteiger partial charge in [0, 0.05) is 17.9 Å². The number of nitrogens with one attached hydrogen (secondary N) is 1. The maximum Gasteiger partial charge on any atom is 0.255 e. The number of aliphatic hydroxyl groups is 1. The summed E-state index contributed by atoms with van der Waals surface area (Å²) in [5.74, 6) is 0.962. The van der Waals surface area contributed by atoms with E-state index < -0.39 is 0 Å². The van der Waals surface area contributed by atoms with Gasteiger partial charge in [0.1, 0.15) is 5.75 Å². The van der Waals surface area contributed by atoms with Gasteiger partial charge in [0.05, 0.1) is 6.61 Å². The molecule has 0 fully saturated rings. The molecule has 0 aromatic heterocycles. The number of benzene rings is 2. The standard InChI is InChI=1S/C19H23NO3/c1-14(2)13-23-18-5-3-4-16(12-18)19(22)20-17-8-6-15(7-9-17)10-11-21/h3-9,12,14,21H,10-11,13H2,1-2H3,(H,20,22). The predicted octanol–water partition coefficient (Wildman–Crippen LogP) is 3.51. The Morgan fingerprint density at radius 3 is 2.57 bits per heavy atom. The lowest BCUT2D eigenvalue weighted by molar-refractivity contribution is 0.102. The first-order valence-corrected chi connectivity index (χ1v) is 7.82. The predicted molar refractivity (Wildman–Crippen MR) is 92.0 cm³/mol. The second-order valence-electron chi connectivity index (χ2n) is 5.86. The van der Waals surface area contributed by atoms with Crippen molar-refractivity contribution < 1.29 is 14.6 Å². The van der Waals surface area contributed by atoms with Crippen molar-refractivity contribution in [3.63, 3.8) is 0 Å². The molecule has 122 valence electrons. The number of anilines is 1. The zero-order valence-corrected chi connectivity index (χ0v) is 13.6. The second kappa shape index (κ2) is 8.34. The SMILES string of the molecule is CC(C)COc1cccc(C(=O)Nc2ccc(CCO)cc2)c1. The van der Waals surface area contributed by atoms with Gasteiger partial charge in [0.25, 0.3) is 5.91 Å². The highest BCUT2D eigenvalue weighted by atomic mass is 16.5. The van der Waals surface area contributed by atoms with Crippen LogP contribution in [0.15, 0.2) is 48.5 Å². The number of hydrogen-bond donors (Lipinski definition) is 2. The largest absolute Gasteiger partial charge is 0.493 e. The molecule has 4 heteroatoms. The quantitative estimate of drug-likeness (QED) is 0.822. The first kappa shape index (κ1) is 17.0. The number of carbonyl (C=O) groups is 1. The van der Waals surface area contributed by atoms with Gasteiger partial charge in [-0.3, -0.25) is 4.79 Å². The lowest BCUT2D eigenvalue weighted by atomic mass is 10.1. The minimum Gasteiger partial charge on any atom is -0.493 e. The minimum atomic E-state index is -0.171. The first-order chi connectivity index (χ1) is 11.1. The zero-order chi connectivity index (χ0) is 16.7. The average molecular weight is 313 g/mol. The average Bonchev–Trinajstić information content (AvgIpc) is 2.55. The molecule has 0 saturated carbocycles. The molecule has 0 radical (unpaired) electrons. The molecular weight excluding hydrogens is 290 g/mol. The summed E-state index contributed by atoms with van der Waals surface area (Å²) in [7, 11) is 0. The molecule has 0 bridgehead atoms. The Labute approximate surface area is 137 Å². The lowest BCUT2D eigenvalue weighted by Gasteiger charge is -2.10. The van der Waals surface area contributed by atoms with Crippen molar-refractivity contribution in [2.45, 2.75) is 20.3 Å². The van der Waals surface area contributed by atoms with Crippen molar-refractivity contribution in [2.75, 3.05) is 18.5 Å². The highest BCUT2D eigenvalue weighted by molar-refractivity contribution is 6.04. The van der Waals surface area contributed by atoms with Crippen LogP contribution >= 0.6 is 0 Å². The zero-order valence-electron chi connectivity index (χ0n) is 13.6. The van der Waals surface area contributed by atoms with Crippen LogP contribution in [0.4, 0.5) is 5.69 Å². The second-order valence-corrected chi connectivity index (χ2v) is 5.86. The van der Waals surface area contributed by atoms with Crippen LogP contribution in [-0.4, -0.2) is 24.2 Å². The van der Waals surface area contributed by atoms with Crippen molar-refractivity contribution in [2.24, 2.45) is 5.92 Å². The first-order valence-electron chi connectivity index (χ1n) is 7.82. The number of aliphatic hydroxyl groups excluding tert-OH is 1. The van der Waals surface area contributed by atoms with Crippen LogP contribution in [-0.2, 0) is 6.42 Å². The number of ether oxygens (including phenoxy) is 1. The molecule has 4 nitrogen and oxygen atoms in total. The van der Waals surface area contributed by atoms with Crippen molar-refractivity contribution in [1.82, 2.24) is 0 Å². The summed E-state index contributed by atoms with van der Waals surface area (Å²) in [5, 5.41) is 11.8. The summed E-state index contributed by atoms with van der Waals surface area (Å²) >= 11 is 0. The van der Waals surface area contributed by atoms with Crippen LogP contribution in [0.25, 0.3) is 0 Å². The monoisotopic (exact) mass is 313 g/mol. The fourth-order valence-electron chi connectivity index (χ4n) is 2.08. The van der Waals surface area contributed by atoms with Crippen molar-refractivity contribution in [3.05, 3.63) is 59.7 Å². The van der Waals surface area contributed by atoms with Gasteiger partial charge in [-0.2, -0.15) is 0 Å². The molecule has 0 aliphatic rings. The lowest BCUT2D eigenvalue weighted by Crippen LogP contribution is -2.12. The van der Waals surface area contributed by atoms with Crippen LogP contribution in [0, 0.1) is 5.92 Å². The molecule has 2 aromatic carbocycles. The van der Waals surface area contributed by atoms with E-state index in [9.17, 15) is 4.79 Å². The van der Waals surface area contributed by atoms with Gasteiger partial charge >= 0.3 is 0 Å². The molecule has 0 spiro atoms. The van der Waals surface area contributed by atoms with Gasteiger partial charge in [-0.1, -0.05) is 32.0 Å². The van der Waals surface area contributed by atoms with Gasteiger partial charge in [-0.25, -0.2) is 0 Å². The Bertz CT molecular complexity index is 635. The summed E-state index contributed by atoms with van der Waals surface area (Å²) in [5.41, 5.74) is 2.32. The van der Waals surface area contributed by atoms with E-state index in [1.807, 2.05) is 36.4 Å². The summed E-state index contributed by atoms with van der Waals surface area (Å²) < 4.78 is 5.65. The fourth-order valence-corrected chi connectivity index (χ4v) is 2.08. The van der Waals surface area contributed by atoms with Crippen LogP contribution in [0.3, 0.4) is 0 Å². The van der Waals surface area contributed by atoms with Gasteiger partial charge in [-0.05, 0) is 48.2 Å². The number of carbonyl (C=O) groups excluding carboxylic acids is 1. The van der Waals surface area contributed by atoms with Crippen molar-refractivity contribution in [3.8, 4) is 5.75 Å². The van der Waals surface area contributed by atoms with E-state index in [4.69, 9.17) is 9.84 Å². The summed E-state index contributed by atoms with van der Waals surface area (Å²) in [6.45, 7) is 4.90. The Hall–Kier alpha value is -2.33. The van der Waals surface area contributed by atoms with Gasteiger partial charge < -0.3 is 15.2 Å². The Balaban J connectivity index is 2.01. The van der Waals surface area contributed by atoms with Crippen LogP contribution in [0.5, 0.6) is 5.75 Å². The molecule has 2 N–H and O–H groups in total. The smallest absolute Gasteiger partial charge is 0.255 e. The molecule has 0 saturated heterocycles. The highest BCUT2D eigenvalue weighted by Gasteiger charge is 2.08. The summed E-state index contributed by atoms with van der Waals surface area (Å²) in [6, 6.07) is 14.6. The van der Waals surface area contributed by atoms with E-state index in [2.05, 4.69) is 19.2 Å². The van der Waals surface area contributed by atoms with Gasteiger partial charge in [-0.15, -0.1) is 0 Å². The Kier molecular flexibility index (Phi) is 6.18. The van der Waals surface area contributed by atoms with Crippen molar-refractivity contribution >= 4 is 11.6 Å². The van der Waals surface area contributed by atoms with E-state index in [-0.39, 0.29) is 12.5 Å². The maximum absolute atomic E-state index is 12.3. The molecule has 1 amide bonds. The number of hydrogen-bond acceptors (Lipinski definition) is 3. The molecular formula is C19H23NO3. The fraction of sp³-hybridized carbons (Fsp3) is 0.316. The molecule has 2 aromatic rings. The molecule has 0 atom stereocenters. The minimum absolute atomic E-state index is 0.120. The molecule has 0 unspecified atom stereocenters. The van der Waals surface area contributed by atoms with Crippen LogP contribution in [0.1, 0.15) is 29.8 Å². The van der Waals surface area contributed by atoms with E-state index in [1.54, 1.807) is 12.1 Å². The van der Waals surface area contributed by atoms with Gasteiger partial charge in [0.15, 0.2) is 0 Å². The van der Waals surface area contributed by atoms with Crippen molar-refractivity contribution in [1.29, 1.82) is 0 Å².